The molecule has 27 heavy (non-hydrogen) atoms. The number of rotatable bonds is 6. The van der Waals surface area contributed by atoms with Crippen LogP contribution in [0.2, 0.25) is 10.0 Å². The fraction of sp³-hybridized carbons (Fsp3) is 0.200. The van der Waals surface area contributed by atoms with Gasteiger partial charge in [0.2, 0.25) is 0 Å². The van der Waals surface area contributed by atoms with E-state index in [0.29, 0.717) is 27.2 Å². The molecule has 0 unspecified atom stereocenters. The smallest absolute Gasteiger partial charge is 0.257 e. The van der Waals surface area contributed by atoms with Crippen LogP contribution in [0.5, 0.6) is 5.75 Å². The van der Waals surface area contributed by atoms with Crippen LogP contribution < -0.4 is 10.1 Å². The molecule has 0 bridgehead atoms. The lowest BCUT2D eigenvalue weighted by molar-refractivity contribution is 0.102. The summed E-state index contributed by atoms with van der Waals surface area (Å²) >= 11 is 13.6. The van der Waals surface area contributed by atoms with E-state index in [1.54, 1.807) is 42.6 Å². The Balaban J connectivity index is 1.64. The number of anilines is 1. The van der Waals surface area contributed by atoms with Gasteiger partial charge in [-0.05, 0) is 61.9 Å². The largest absolute Gasteiger partial charge is 0.491 e. The zero-order chi connectivity index (χ0) is 19.4. The van der Waals surface area contributed by atoms with Crippen LogP contribution in [0.25, 0.3) is 0 Å². The summed E-state index contributed by atoms with van der Waals surface area (Å²) in [6, 6.07) is 12.4. The first-order chi connectivity index (χ1) is 12.9. The van der Waals surface area contributed by atoms with Crippen LogP contribution in [-0.2, 0) is 6.42 Å². The van der Waals surface area contributed by atoms with Gasteiger partial charge in [-0.15, -0.1) is 11.3 Å². The van der Waals surface area contributed by atoms with Crippen LogP contribution >= 0.6 is 34.5 Å². The van der Waals surface area contributed by atoms with Crippen molar-refractivity contribution in [3.05, 3.63) is 74.7 Å². The van der Waals surface area contributed by atoms with E-state index in [1.807, 2.05) is 19.9 Å². The van der Waals surface area contributed by atoms with Gasteiger partial charge in [-0.25, -0.2) is 4.98 Å². The van der Waals surface area contributed by atoms with Crippen molar-refractivity contribution in [3.63, 3.8) is 0 Å². The number of carbonyl (C=O) groups excluding carboxylic acids is 1. The highest BCUT2D eigenvalue weighted by molar-refractivity contribution is 7.15. The molecule has 1 heterocycles. The number of halogens is 2. The van der Waals surface area contributed by atoms with Crippen LogP contribution in [0.1, 0.15) is 34.6 Å². The molecule has 0 atom stereocenters. The van der Waals surface area contributed by atoms with Crippen LogP contribution in [0.4, 0.5) is 5.13 Å². The van der Waals surface area contributed by atoms with Crippen molar-refractivity contribution in [1.29, 1.82) is 0 Å². The van der Waals surface area contributed by atoms with Crippen LogP contribution in [-0.4, -0.2) is 17.0 Å². The van der Waals surface area contributed by atoms with Gasteiger partial charge in [0.25, 0.3) is 5.91 Å². The number of hydrogen-bond acceptors (Lipinski definition) is 4. The fourth-order valence-corrected chi connectivity index (χ4v) is 3.65. The van der Waals surface area contributed by atoms with Crippen LogP contribution in [0.3, 0.4) is 0 Å². The minimum atomic E-state index is -0.215. The molecular weight excluding hydrogens is 403 g/mol. The van der Waals surface area contributed by atoms with Crippen LogP contribution in [0, 0.1) is 0 Å². The normalized spacial score (nSPS) is 10.9. The molecule has 0 aliphatic heterocycles. The lowest BCUT2D eigenvalue weighted by Gasteiger charge is -2.09. The highest BCUT2D eigenvalue weighted by Crippen LogP contribution is 2.27. The molecule has 140 valence electrons. The summed E-state index contributed by atoms with van der Waals surface area (Å²) in [6.07, 6.45) is 2.43. The molecule has 7 heteroatoms. The molecule has 4 nitrogen and oxygen atoms in total. The average Bonchev–Trinajstić information content (AvgIpc) is 3.05. The predicted octanol–water partition coefficient (Wildman–Crippen LogP) is 6.08. The second-order valence-corrected chi connectivity index (χ2v) is 8.15. The zero-order valence-corrected chi connectivity index (χ0v) is 17.2. The van der Waals surface area contributed by atoms with Gasteiger partial charge in [0.15, 0.2) is 5.13 Å². The molecule has 3 aromatic rings. The molecule has 0 saturated carbocycles. The van der Waals surface area contributed by atoms with Crippen molar-refractivity contribution in [3.8, 4) is 5.75 Å². The van der Waals surface area contributed by atoms with Crippen molar-refractivity contribution in [2.75, 3.05) is 5.32 Å². The minimum absolute atomic E-state index is 0.0893. The van der Waals surface area contributed by atoms with Crippen molar-refractivity contribution in [2.45, 2.75) is 26.4 Å². The molecule has 0 spiro atoms. The second kappa shape index (κ2) is 8.74. The van der Waals surface area contributed by atoms with Gasteiger partial charge in [0, 0.05) is 33.1 Å². The maximum atomic E-state index is 12.4. The molecule has 2 aromatic carbocycles. The van der Waals surface area contributed by atoms with Gasteiger partial charge in [-0.3, -0.25) is 10.1 Å². The minimum Gasteiger partial charge on any atom is -0.491 e. The van der Waals surface area contributed by atoms with E-state index in [2.05, 4.69) is 10.3 Å². The van der Waals surface area contributed by atoms with E-state index >= 15 is 0 Å². The Bertz CT molecular complexity index is 939. The van der Waals surface area contributed by atoms with Gasteiger partial charge in [-0.1, -0.05) is 23.2 Å². The standard InChI is InChI=1S/C20H18Cl2N2O2S/c1-12(2)26-16-6-3-13(4-7-16)19(25)24-20-23-11-17(27-20)10-14-9-15(21)5-8-18(14)22/h3-9,11-12H,10H2,1-2H3,(H,23,24,25). The molecule has 0 aliphatic rings. The topological polar surface area (TPSA) is 51.2 Å². The molecule has 0 saturated heterocycles. The van der Waals surface area contributed by atoms with Gasteiger partial charge < -0.3 is 4.74 Å². The number of nitrogens with one attached hydrogen (secondary N) is 1. The second-order valence-electron chi connectivity index (χ2n) is 6.19. The molecular formula is C20H18Cl2N2O2S. The van der Waals surface area contributed by atoms with Gasteiger partial charge in [0.1, 0.15) is 5.75 Å². The Morgan fingerprint density at radius 2 is 1.93 bits per heavy atom. The number of carbonyl (C=O) groups is 1. The Labute approximate surface area is 172 Å². The van der Waals surface area contributed by atoms with Gasteiger partial charge in [0.05, 0.1) is 6.10 Å². The highest BCUT2D eigenvalue weighted by Gasteiger charge is 2.11. The summed E-state index contributed by atoms with van der Waals surface area (Å²) < 4.78 is 5.58. The van der Waals surface area contributed by atoms with Crippen molar-refractivity contribution < 1.29 is 9.53 Å². The first kappa shape index (κ1) is 19.7. The summed E-state index contributed by atoms with van der Waals surface area (Å²) in [5.74, 6) is 0.518. The summed E-state index contributed by atoms with van der Waals surface area (Å²) in [6.45, 7) is 3.91. The number of ether oxygens (including phenoxy) is 1. The SMILES string of the molecule is CC(C)Oc1ccc(C(=O)Nc2ncc(Cc3cc(Cl)ccc3Cl)s2)cc1. The summed E-state index contributed by atoms with van der Waals surface area (Å²) in [5, 5.41) is 4.65. The van der Waals surface area contributed by atoms with Crippen molar-refractivity contribution >= 4 is 45.6 Å². The van der Waals surface area contributed by atoms with Crippen molar-refractivity contribution in [2.24, 2.45) is 0 Å². The molecule has 0 fully saturated rings. The monoisotopic (exact) mass is 420 g/mol. The lowest BCUT2D eigenvalue weighted by Crippen LogP contribution is -2.11. The molecule has 0 aliphatic carbocycles. The van der Waals surface area contributed by atoms with E-state index in [1.165, 1.54) is 11.3 Å². The number of aromatic nitrogens is 1. The molecule has 1 amide bonds. The lowest BCUT2D eigenvalue weighted by atomic mass is 10.1. The summed E-state index contributed by atoms with van der Waals surface area (Å²) in [7, 11) is 0. The van der Waals surface area contributed by atoms with E-state index in [4.69, 9.17) is 27.9 Å². The Hall–Kier alpha value is -2.08. The molecule has 1 N–H and O–H groups in total. The quantitative estimate of drug-likeness (QED) is 0.525. The fourth-order valence-electron chi connectivity index (χ4n) is 2.44. The summed E-state index contributed by atoms with van der Waals surface area (Å²) in [5.41, 5.74) is 1.46. The third-order valence-electron chi connectivity index (χ3n) is 3.63. The van der Waals surface area contributed by atoms with Gasteiger partial charge in [-0.2, -0.15) is 0 Å². The van der Waals surface area contributed by atoms with E-state index in [9.17, 15) is 4.79 Å². The van der Waals surface area contributed by atoms with E-state index in [-0.39, 0.29) is 12.0 Å². The van der Waals surface area contributed by atoms with Crippen LogP contribution in [0.15, 0.2) is 48.7 Å². The molecule has 1 aromatic heterocycles. The Morgan fingerprint density at radius 1 is 1.19 bits per heavy atom. The highest BCUT2D eigenvalue weighted by atomic mass is 35.5. The third kappa shape index (κ3) is 5.45. The Morgan fingerprint density at radius 3 is 2.63 bits per heavy atom. The number of amides is 1. The third-order valence-corrected chi connectivity index (χ3v) is 5.15. The predicted molar refractivity (Wildman–Crippen MR) is 112 cm³/mol. The van der Waals surface area contributed by atoms with Crippen molar-refractivity contribution in [1.82, 2.24) is 4.98 Å². The van der Waals surface area contributed by atoms with Gasteiger partial charge >= 0.3 is 0 Å². The van der Waals surface area contributed by atoms with E-state index < -0.39 is 0 Å². The van der Waals surface area contributed by atoms with E-state index in [0.717, 1.165) is 16.2 Å². The number of benzene rings is 2. The number of nitrogens with zero attached hydrogens (tertiary/aromatic N) is 1. The molecule has 0 radical (unpaired) electrons. The average molecular weight is 421 g/mol. The first-order valence-electron chi connectivity index (χ1n) is 8.37. The Kier molecular flexibility index (Phi) is 6.37. The number of hydrogen-bond donors (Lipinski definition) is 1. The zero-order valence-electron chi connectivity index (χ0n) is 14.8. The molecule has 3 rings (SSSR count). The number of thiazole rings is 1. The maximum Gasteiger partial charge on any atom is 0.257 e. The first-order valence-corrected chi connectivity index (χ1v) is 9.94. The maximum absolute atomic E-state index is 12.4. The summed E-state index contributed by atoms with van der Waals surface area (Å²) in [4.78, 5) is 17.6.